The Kier molecular flexibility index (Phi) is 2.55. The summed E-state index contributed by atoms with van der Waals surface area (Å²) < 4.78 is 21.7. The molecule has 0 N–H and O–H groups in total. The Morgan fingerprint density at radius 3 is 2.62 bits per heavy atom. The lowest BCUT2D eigenvalue weighted by molar-refractivity contribution is 0.606. The maximum absolute atomic E-state index is 10.9. The molecule has 13 heavy (non-hydrogen) atoms. The zero-order chi connectivity index (χ0) is 10.1. The highest BCUT2D eigenvalue weighted by Gasteiger charge is 2.12. The second kappa shape index (κ2) is 3.32. The minimum absolute atomic E-state index is 0.215. The summed E-state index contributed by atoms with van der Waals surface area (Å²) in [5.74, 6) is 0. The smallest absolute Gasteiger partial charge is 0.243 e. The van der Waals surface area contributed by atoms with Crippen molar-refractivity contribution in [3.05, 3.63) is 29.2 Å². The molecule has 0 fully saturated rings. The van der Waals surface area contributed by atoms with Crippen molar-refractivity contribution in [2.75, 3.05) is 0 Å². The normalized spacial score (nSPS) is 10.8. The molecule has 1 aromatic rings. The molecule has 0 spiro atoms. The van der Waals surface area contributed by atoms with Crippen LogP contribution in [-0.4, -0.2) is 13.4 Å². The highest BCUT2D eigenvalue weighted by molar-refractivity contribution is 8.13. The van der Waals surface area contributed by atoms with E-state index in [2.05, 4.69) is 9.83 Å². The molecule has 0 saturated carbocycles. The quantitative estimate of drug-likeness (QED) is 0.532. The van der Waals surface area contributed by atoms with E-state index in [1.807, 2.05) is 0 Å². The third-order valence-corrected chi connectivity index (χ3v) is 2.48. The molecule has 0 radical (unpaired) electrons. The molecule has 0 aliphatic carbocycles. The highest BCUT2D eigenvalue weighted by atomic mass is 35.7. The van der Waals surface area contributed by atoms with Gasteiger partial charge in [0.25, 0.3) is 9.05 Å². The predicted octanol–water partition coefficient (Wildman–Crippen LogP) is 1.87. The van der Waals surface area contributed by atoms with Crippen LogP contribution in [0.5, 0.6) is 0 Å². The molecule has 1 rings (SSSR count). The molecular formula is C7H5ClN2O2S. The molecule has 0 aromatic carbocycles. The molecular weight excluding hydrogens is 212 g/mol. The molecule has 0 saturated heterocycles. The molecule has 68 valence electrons. The number of hydrogen-bond donors (Lipinski definition) is 0. The maximum Gasteiger partial charge on any atom is 0.277 e. The van der Waals surface area contributed by atoms with Gasteiger partial charge in [-0.15, -0.1) is 0 Å². The van der Waals surface area contributed by atoms with Gasteiger partial charge in [0.05, 0.1) is 6.57 Å². The maximum atomic E-state index is 10.9. The Morgan fingerprint density at radius 1 is 1.54 bits per heavy atom. The fraction of sp³-hybridized carbons (Fsp3) is 0.143. The summed E-state index contributed by atoms with van der Waals surface area (Å²) in [6.07, 6.45) is 0. The number of aromatic nitrogens is 1. The highest BCUT2D eigenvalue weighted by Crippen LogP contribution is 2.20. The van der Waals surface area contributed by atoms with E-state index in [1.54, 1.807) is 6.92 Å². The van der Waals surface area contributed by atoms with E-state index in [9.17, 15) is 8.42 Å². The van der Waals surface area contributed by atoms with E-state index in [0.29, 0.717) is 5.69 Å². The topological polar surface area (TPSA) is 51.4 Å². The lowest BCUT2D eigenvalue weighted by atomic mass is 10.3. The van der Waals surface area contributed by atoms with Gasteiger partial charge < -0.3 is 0 Å². The molecule has 0 bridgehead atoms. The van der Waals surface area contributed by atoms with Crippen molar-refractivity contribution < 1.29 is 8.42 Å². The third-order valence-electron chi connectivity index (χ3n) is 1.29. The zero-order valence-electron chi connectivity index (χ0n) is 6.65. The van der Waals surface area contributed by atoms with Crippen LogP contribution >= 0.6 is 10.7 Å². The third kappa shape index (κ3) is 2.41. The fourth-order valence-corrected chi connectivity index (χ4v) is 1.56. The monoisotopic (exact) mass is 216 g/mol. The number of rotatable bonds is 1. The minimum atomic E-state index is -3.84. The van der Waals surface area contributed by atoms with Crippen molar-refractivity contribution in [3.63, 3.8) is 0 Å². The van der Waals surface area contributed by atoms with Crippen molar-refractivity contribution in [1.29, 1.82) is 0 Å². The Morgan fingerprint density at radius 2 is 2.15 bits per heavy atom. The second-order valence-corrected chi connectivity index (χ2v) is 4.87. The standard InChI is InChI=1S/C7H5ClN2O2S/c1-5-3-6(9-2)4-7(10-5)13(8,11)12/h3-4H,1H3. The van der Waals surface area contributed by atoms with Crippen molar-refractivity contribution >= 4 is 25.4 Å². The van der Waals surface area contributed by atoms with Gasteiger partial charge in [0.2, 0.25) is 0 Å². The van der Waals surface area contributed by atoms with Crippen molar-refractivity contribution in [3.8, 4) is 0 Å². The van der Waals surface area contributed by atoms with Crippen LogP contribution in [-0.2, 0) is 9.05 Å². The summed E-state index contributed by atoms with van der Waals surface area (Å²) in [6.45, 7) is 8.30. The fourth-order valence-electron chi connectivity index (χ4n) is 0.810. The van der Waals surface area contributed by atoms with Crippen LogP contribution in [0.3, 0.4) is 0 Å². The van der Waals surface area contributed by atoms with Gasteiger partial charge in [-0.25, -0.2) is 18.2 Å². The van der Waals surface area contributed by atoms with Crippen molar-refractivity contribution in [1.82, 2.24) is 4.98 Å². The van der Waals surface area contributed by atoms with Gasteiger partial charge in [0, 0.05) is 16.4 Å². The van der Waals surface area contributed by atoms with Gasteiger partial charge in [-0.3, -0.25) is 0 Å². The largest absolute Gasteiger partial charge is 0.277 e. The average molecular weight is 217 g/mol. The van der Waals surface area contributed by atoms with Crippen molar-refractivity contribution in [2.24, 2.45) is 0 Å². The van der Waals surface area contributed by atoms with E-state index in [4.69, 9.17) is 17.3 Å². The lowest BCUT2D eigenvalue weighted by Crippen LogP contribution is -1.95. The van der Waals surface area contributed by atoms with Gasteiger partial charge in [0.15, 0.2) is 10.7 Å². The Hall–Kier alpha value is -1.12. The first-order valence-electron chi connectivity index (χ1n) is 3.24. The van der Waals surface area contributed by atoms with Crippen LogP contribution in [0.15, 0.2) is 17.2 Å². The number of hydrogen-bond acceptors (Lipinski definition) is 3. The molecule has 0 atom stereocenters. The summed E-state index contributed by atoms with van der Waals surface area (Å²) >= 11 is 0. The van der Waals surface area contributed by atoms with E-state index < -0.39 is 9.05 Å². The minimum Gasteiger partial charge on any atom is -0.243 e. The molecule has 0 aliphatic heterocycles. The van der Waals surface area contributed by atoms with Crippen molar-refractivity contribution in [2.45, 2.75) is 11.9 Å². The van der Waals surface area contributed by atoms with Gasteiger partial charge in [-0.1, -0.05) is 0 Å². The Balaban J connectivity index is 3.44. The van der Waals surface area contributed by atoms with E-state index >= 15 is 0 Å². The summed E-state index contributed by atoms with van der Waals surface area (Å²) in [6, 6.07) is 2.63. The van der Waals surface area contributed by atoms with Crippen LogP contribution in [0.4, 0.5) is 5.69 Å². The number of pyridine rings is 1. The second-order valence-electron chi connectivity index (χ2n) is 2.35. The van der Waals surface area contributed by atoms with Crippen LogP contribution in [0.1, 0.15) is 5.69 Å². The molecule has 0 unspecified atom stereocenters. The first-order valence-corrected chi connectivity index (χ1v) is 5.55. The predicted molar refractivity (Wildman–Crippen MR) is 48.3 cm³/mol. The lowest BCUT2D eigenvalue weighted by Gasteiger charge is -1.98. The van der Waals surface area contributed by atoms with E-state index in [1.165, 1.54) is 6.07 Å². The summed E-state index contributed by atoms with van der Waals surface area (Å²) in [5.41, 5.74) is 0.666. The molecule has 4 nitrogen and oxygen atoms in total. The Labute approximate surface area is 80.4 Å². The molecule has 0 amide bonds. The first-order chi connectivity index (χ1) is 5.93. The van der Waals surface area contributed by atoms with Gasteiger partial charge in [-0.05, 0) is 19.1 Å². The van der Waals surface area contributed by atoms with Crippen LogP contribution in [0, 0.1) is 13.5 Å². The number of aryl methyl sites for hydroxylation is 1. The van der Waals surface area contributed by atoms with Crippen LogP contribution in [0.2, 0.25) is 0 Å². The molecule has 1 aromatic heterocycles. The summed E-state index contributed by atoms with van der Waals surface area (Å²) in [7, 11) is 1.23. The SMILES string of the molecule is [C-]#[N+]c1cc(C)nc(S(=O)(=O)Cl)c1. The van der Waals surface area contributed by atoms with E-state index in [0.717, 1.165) is 6.07 Å². The van der Waals surface area contributed by atoms with E-state index in [-0.39, 0.29) is 10.7 Å². The average Bonchev–Trinajstić information content (AvgIpc) is 2.01. The van der Waals surface area contributed by atoms with Gasteiger partial charge in [0.1, 0.15) is 0 Å². The summed E-state index contributed by atoms with van der Waals surface area (Å²) in [4.78, 5) is 6.78. The van der Waals surface area contributed by atoms with Gasteiger partial charge >= 0.3 is 0 Å². The molecule has 6 heteroatoms. The number of halogens is 1. The van der Waals surface area contributed by atoms with Crippen LogP contribution in [0.25, 0.3) is 4.85 Å². The first kappa shape index (κ1) is 9.96. The molecule has 0 aliphatic rings. The summed E-state index contributed by atoms with van der Waals surface area (Å²) in [5, 5.41) is -0.278. The molecule has 1 heterocycles. The number of nitrogens with zero attached hydrogens (tertiary/aromatic N) is 2. The van der Waals surface area contributed by atoms with Crippen LogP contribution < -0.4 is 0 Å². The Bertz CT molecular complexity index is 476. The zero-order valence-corrected chi connectivity index (χ0v) is 8.22. The van der Waals surface area contributed by atoms with Gasteiger partial charge in [-0.2, -0.15) is 0 Å².